The molecular weight excluding hydrogens is 260 g/mol. The fraction of sp³-hybridized carbons (Fsp3) is 0.0667. The van der Waals surface area contributed by atoms with Gasteiger partial charge in [-0.05, 0) is 18.2 Å². The van der Waals surface area contributed by atoms with Gasteiger partial charge in [-0.15, -0.1) is 0 Å². The van der Waals surface area contributed by atoms with Crippen LogP contribution in [-0.4, -0.2) is 18.3 Å². The summed E-state index contributed by atoms with van der Waals surface area (Å²) < 4.78 is 0. The summed E-state index contributed by atoms with van der Waals surface area (Å²) in [5, 5.41) is 3.34. The highest BCUT2D eigenvalue weighted by Gasteiger charge is 2.19. The molecule has 3 rings (SSSR count). The standard InChI is InChI=1S/C15H11ClN2O/c16-11-6-7-12-13(8-11)14(17-9-18-15(12)19)10-4-2-1-3-5-10/h1-8H,9H2,(H,18,19). The molecule has 3 nitrogen and oxygen atoms in total. The zero-order valence-corrected chi connectivity index (χ0v) is 10.8. The van der Waals surface area contributed by atoms with Crippen molar-refractivity contribution in [3.05, 3.63) is 70.2 Å². The van der Waals surface area contributed by atoms with Gasteiger partial charge in [-0.1, -0.05) is 41.9 Å². The molecule has 1 amide bonds. The fourth-order valence-electron chi connectivity index (χ4n) is 2.12. The van der Waals surface area contributed by atoms with Crippen LogP contribution in [-0.2, 0) is 0 Å². The van der Waals surface area contributed by atoms with Crippen LogP contribution in [0.4, 0.5) is 0 Å². The van der Waals surface area contributed by atoms with Crippen LogP contribution in [0.3, 0.4) is 0 Å². The van der Waals surface area contributed by atoms with Gasteiger partial charge in [0.15, 0.2) is 0 Å². The average Bonchev–Trinajstić information content (AvgIpc) is 2.59. The first-order valence-electron chi connectivity index (χ1n) is 5.94. The Labute approximate surface area is 115 Å². The molecule has 94 valence electrons. The smallest absolute Gasteiger partial charge is 0.253 e. The van der Waals surface area contributed by atoms with Gasteiger partial charge in [-0.25, -0.2) is 0 Å². The first kappa shape index (κ1) is 11.9. The minimum absolute atomic E-state index is 0.124. The summed E-state index contributed by atoms with van der Waals surface area (Å²) in [5.74, 6) is -0.124. The van der Waals surface area contributed by atoms with Crippen LogP contribution >= 0.6 is 11.6 Å². The SMILES string of the molecule is O=C1NCN=C(c2ccccc2)c2cc(Cl)ccc21. The van der Waals surface area contributed by atoms with E-state index in [4.69, 9.17) is 11.6 Å². The first-order chi connectivity index (χ1) is 9.25. The van der Waals surface area contributed by atoms with Crippen molar-refractivity contribution in [2.24, 2.45) is 4.99 Å². The highest BCUT2D eigenvalue weighted by molar-refractivity contribution is 6.31. The van der Waals surface area contributed by atoms with Gasteiger partial charge in [0.2, 0.25) is 0 Å². The van der Waals surface area contributed by atoms with Crippen molar-refractivity contribution >= 4 is 23.2 Å². The number of fused-ring (bicyclic) bond motifs is 1. The van der Waals surface area contributed by atoms with Crippen LogP contribution < -0.4 is 5.32 Å². The van der Waals surface area contributed by atoms with E-state index in [-0.39, 0.29) is 12.6 Å². The van der Waals surface area contributed by atoms with Crippen LogP contribution in [0.25, 0.3) is 0 Å². The maximum absolute atomic E-state index is 12.0. The number of nitrogens with one attached hydrogen (secondary N) is 1. The predicted molar refractivity (Wildman–Crippen MR) is 75.9 cm³/mol. The quantitative estimate of drug-likeness (QED) is 0.851. The highest BCUT2D eigenvalue weighted by atomic mass is 35.5. The lowest BCUT2D eigenvalue weighted by Crippen LogP contribution is -2.22. The van der Waals surface area contributed by atoms with Gasteiger partial charge in [0.25, 0.3) is 5.91 Å². The van der Waals surface area contributed by atoms with Gasteiger partial charge < -0.3 is 5.32 Å². The van der Waals surface area contributed by atoms with E-state index in [0.29, 0.717) is 10.6 Å². The minimum atomic E-state index is -0.124. The molecule has 0 bridgehead atoms. The number of benzene rings is 2. The second kappa shape index (κ2) is 4.86. The molecule has 19 heavy (non-hydrogen) atoms. The second-order valence-corrected chi connectivity index (χ2v) is 4.66. The van der Waals surface area contributed by atoms with E-state index in [0.717, 1.165) is 16.8 Å². The third-order valence-electron chi connectivity index (χ3n) is 3.01. The zero-order chi connectivity index (χ0) is 13.2. The van der Waals surface area contributed by atoms with E-state index in [1.807, 2.05) is 30.3 Å². The lowest BCUT2D eigenvalue weighted by molar-refractivity contribution is 0.0956. The van der Waals surface area contributed by atoms with Crippen molar-refractivity contribution < 1.29 is 4.79 Å². The summed E-state index contributed by atoms with van der Waals surface area (Å²) in [7, 11) is 0. The molecule has 2 aromatic carbocycles. The van der Waals surface area contributed by atoms with Gasteiger partial charge in [-0.2, -0.15) is 0 Å². The maximum Gasteiger partial charge on any atom is 0.253 e. The maximum atomic E-state index is 12.0. The topological polar surface area (TPSA) is 41.5 Å². The molecule has 4 heteroatoms. The number of nitrogens with zero attached hydrogens (tertiary/aromatic N) is 1. The molecule has 0 fully saturated rings. The molecule has 0 unspecified atom stereocenters. The average molecular weight is 271 g/mol. The molecule has 0 atom stereocenters. The predicted octanol–water partition coefficient (Wildman–Crippen LogP) is 2.88. The molecule has 2 aromatic rings. The molecular formula is C15H11ClN2O. The number of aliphatic imine (C=N–C) groups is 1. The third-order valence-corrected chi connectivity index (χ3v) is 3.24. The van der Waals surface area contributed by atoms with E-state index in [1.165, 1.54) is 0 Å². The Bertz CT molecular complexity index is 665. The molecule has 0 saturated heterocycles. The van der Waals surface area contributed by atoms with Gasteiger partial charge >= 0.3 is 0 Å². The molecule has 1 heterocycles. The summed E-state index contributed by atoms with van der Waals surface area (Å²) in [6.07, 6.45) is 0. The number of rotatable bonds is 1. The molecule has 1 aliphatic rings. The number of amides is 1. The molecule has 0 aliphatic carbocycles. The van der Waals surface area contributed by atoms with Gasteiger partial charge in [0.1, 0.15) is 6.67 Å². The normalized spacial score (nSPS) is 14.2. The van der Waals surface area contributed by atoms with Gasteiger partial charge in [0.05, 0.1) is 5.71 Å². The van der Waals surface area contributed by atoms with E-state index >= 15 is 0 Å². The lowest BCUT2D eigenvalue weighted by Gasteiger charge is -2.09. The van der Waals surface area contributed by atoms with E-state index in [9.17, 15) is 4.79 Å². The van der Waals surface area contributed by atoms with Crippen LogP contribution in [0.15, 0.2) is 53.5 Å². The van der Waals surface area contributed by atoms with E-state index in [2.05, 4.69) is 10.3 Å². The molecule has 0 spiro atoms. The lowest BCUT2D eigenvalue weighted by atomic mass is 9.97. The molecule has 1 aliphatic heterocycles. The van der Waals surface area contributed by atoms with Gasteiger partial charge in [-0.3, -0.25) is 9.79 Å². The van der Waals surface area contributed by atoms with E-state index < -0.39 is 0 Å². The molecule has 0 saturated carbocycles. The molecule has 0 radical (unpaired) electrons. The van der Waals surface area contributed by atoms with Crippen molar-refractivity contribution in [2.75, 3.05) is 6.67 Å². The molecule has 1 N–H and O–H groups in total. The number of halogens is 1. The van der Waals surface area contributed by atoms with Crippen LogP contribution in [0.1, 0.15) is 21.5 Å². The monoisotopic (exact) mass is 270 g/mol. The van der Waals surface area contributed by atoms with Crippen molar-refractivity contribution in [2.45, 2.75) is 0 Å². The zero-order valence-electron chi connectivity index (χ0n) is 10.1. The van der Waals surface area contributed by atoms with Crippen molar-refractivity contribution in [1.82, 2.24) is 5.32 Å². The summed E-state index contributed by atoms with van der Waals surface area (Å²) >= 11 is 6.04. The number of carbonyl (C=O) groups excluding carboxylic acids is 1. The minimum Gasteiger partial charge on any atom is -0.333 e. The second-order valence-electron chi connectivity index (χ2n) is 4.23. The Balaban J connectivity index is 2.21. The summed E-state index contributed by atoms with van der Waals surface area (Å²) in [5.41, 5.74) is 3.14. The van der Waals surface area contributed by atoms with Crippen LogP contribution in [0.2, 0.25) is 5.02 Å². The van der Waals surface area contributed by atoms with Crippen molar-refractivity contribution in [1.29, 1.82) is 0 Å². The van der Waals surface area contributed by atoms with Crippen molar-refractivity contribution in [3.8, 4) is 0 Å². The van der Waals surface area contributed by atoms with Crippen LogP contribution in [0.5, 0.6) is 0 Å². The summed E-state index contributed by atoms with van der Waals surface area (Å²) in [6.45, 7) is 0.273. The fourth-order valence-corrected chi connectivity index (χ4v) is 2.30. The Morgan fingerprint density at radius 3 is 2.63 bits per heavy atom. The highest BCUT2D eigenvalue weighted by Crippen LogP contribution is 2.21. The first-order valence-corrected chi connectivity index (χ1v) is 6.31. The van der Waals surface area contributed by atoms with Crippen molar-refractivity contribution in [3.63, 3.8) is 0 Å². The summed E-state index contributed by atoms with van der Waals surface area (Å²) in [6, 6.07) is 15.0. The number of carbonyl (C=O) groups is 1. The largest absolute Gasteiger partial charge is 0.333 e. The Morgan fingerprint density at radius 2 is 1.84 bits per heavy atom. The number of hydrogen-bond donors (Lipinski definition) is 1. The third kappa shape index (κ3) is 2.25. The Kier molecular flexibility index (Phi) is 3.05. The summed E-state index contributed by atoms with van der Waals surface area (Å²) in [4.78, 5) is 16.4. The Morgan fingerprint density at radius 1 is 1.05 bits per heavy atom. The van der Waals surface area contributed by atoms with E-state index in [1.54, 1.807) is 18.2 Å². The Hall–Kier alpha value is -2.13. The number of hydrogen-bond acceptors (Lipinski definition) is 2. The molecule has 0 aromatic heterocycles. The van der Waals surface area contributed by atoms with Crippen LogP contribution in [0, 0.1) is 0 Å². The van der Waals surface area contributed by atoms with Gasteiger partial charge in [0, 0.05) is 21.7 Å².